The molecule has 1 aliphatic heterocycles. The molecule has 4 rings (SSSR count). The van der Waals surface area contributed by atoms with Gasteiger partial charge in [0.25, 0.3) is 5.91 Å². The van der Waals surface area contributed by atoms with Crippen LogP contribution in [0.3, 0.4) is 0 Å². The number of amides is 1. The number of piperazine rings is 1. The summed E-state index contributed by atoms with van der Waals surface area (Å²) >= 11 is 0. The Labute approximate surface area is 173 Å². The first-order chi connectivity index (χ1) is 14.4. The molecule has 1 aromatic heterocycles. The molecule has 2 aromatic carbocycles. The van der Waals surface area contributed by atoms with E-state index in [1.807, 2.05) is 18.2 Å². The van der Waals surface area contributed by atoms with Crippen LogP contribution >= 0.6 is 0 Å². The van der Waals surface area contributed by atoms with Gasteiger partial charge in [-0.25, -0.2) is 12.8 Å². The van der Waals surface area contributed by atoms with Crippen LogP contribution in [0.4, 0.5) is 4.39 Å². The highest BCUT2D eigenvalue weighted by Gasteiger charge is 2.33. The molecule has 2 heterocycles. The zero-order chi connectivity index (χ0) is 21.3. The van der Waals surface area contributed by atoms with Crippen molar-refractivity contribution >= 4 is 26.9 Å². The number of rotatable bonds is 5. The number of halogens is 1. The van der Waals surface area contributed by atoms with Gasteiger partial charge in [0, 0.05) is 44.2 Å². The van der Waals surface area contributed by atoms with Crippen molar-refractivity contribution in [2.45, 2.75) is 11.5 Å². The van der Waals surface area contributed by atoms with Crippen LogP contribution in [0, 0.1) is 5.82 Å². The molecule has 7 nitrogen and oxygen atoms in total. The fourth-order valence-corrected chi connectivity index (χ4v) is 5.11. The molecule has 0 saturated carbocycles. The third-order valence-electron chi connectivity index (χ3n) is 5.16. The van der Waals surface area contributed by atoms with Crippen molar-refractivity contribution in [1.29, 1.82) is 0 Å². The summed E-state index contributed by atoms with van der Waals surface area (Å²) < 4.78 is 51.7. The second-order valence-electron chi connectivity index (χ2n) is 6.97. The largest absolute Gasteiger partial charge is 0.451 e. The number of furan rings is 1. The molecule has 1 fully saturated rings. The van der Waals surface area contributed by atoms with Crippen LogP contribution in [-0.2, 0) is 21.4 Å². The number of carbonyl (C=O) groups excluding carboxylic acids is 1. The average molecular weight is 432 g/mol. The van der Waals surface area contributed by atoms with Gasteiger partial charge in [-0.05, 0) is 18.2 Å². The zero-order valence-electron chi connectivity index (χ0n) is 16.4. The number of fused-ring (bicyclic) bond motifs is 1. The Bertz CT molecular complexity index is 1180. The van der Waals surface area contributed by atoms with Crippen molar-refractivity contribution in [3.05, 3.63) is 65.7 Å². The van der Waals surface area contributed by atoms with Crippen LogP contribution in [0.15, 0.2) is 57.8 Å². The van der Waals surface area contributed by atoms with E-state index in [2.05, 4.69) is 0 Å². The Hall–Kier alpha value is -2.75. The Kier molecular flexibility index (Phi) is 5.59. The van der Waals surface area contributed by atoms with Gasteiger partial charge in [0.2, 0.25) is 10.0 Å². The molecule has 1 amide bonds. The van der Waals surface area contributed by atoms with Crippen LogP contribution in [0.5, 0.6) is 0 Å². The van der Waals surface area contributed by atoms with Crippen molar-refractivity contribution in [3.8, 4) is 0 Å². The predicted octanol–water partition coefficient (Wildman–Crippen LogP) is 2.87. The lowest BCUT2D eigenvalue weighted by Crippen LogP contribution is -2.50. The van der Waals surface area contributed by atoms with E-state index >= 15 is 0 Å². The maximum atomic E-state index is 14.0. The molecule has 1 saturated heterocycles. The van der Waals surface area contributed by atoms with E-state index in [4.69, 9.17) is 9.15 Å². The Morgan fingerprint density at radius 2 is 1.73 bits per heavy atom. The summed E-state index contributed by atoms with van der Waals surface area (Å²) in [6.07, 6.45) is 0. The Balaban J connectivity index is 1.54. The first kappa shape index (κ1) is 20.5. The van der Waals surface area contributed by atoms with Crippen LogP contribution in [-0.4, -0.2) is 56.8 Å². The summed E-state index contributed by atoms with van der Waals surface area (Å²) in [5.74, 6) is -0.910. The minimum atomic E-state index is -3.97. The molecule has 0 atom stereocenters. The van der Waals surface area contributed by atoms with Crippen molar-refractivity contribution in [2.24, 2.45) is 0 Å². The number of hydrogen-bond donors (Lipinski definition) is 0. The Morgan fingerprint density at radius 1 is 1.07 bits per heavy atom. The standard InChI is InChI=1S/C21H21FN2O5S/c1-28-14-16-15-6-2-4-8-18(15)29-20(16)21(25)23-10-12-24(13-11-23)30(26,27)19-9-5-3-7-17(19)22/h2-9H,10-14H2,1H3. The van der Waals surface area contributed by atoms with Gasteiger partial charge in [-0.15, -0.1) is 0 Å². The van der Waals surface area contributed by atoms with E-state index < -0.39 is 15.8 Å². The first-order valence-corrected chi connectivity index (χ1v) is 10.9. The van der Waals surface area contributed by atoms with Gasteiger partial charge in [-0.2, -0.15) is 4.31 Å². The first-order valence-electron chi connectivity index (χ1n) is 9.47. The molecule has 9 heteroatoms. The normalized spacial score (nSPS) is 15.6. The van der Waals surface area contributed by atoms with Crippen LogP contribution < -0.4 is 0 Å². The number of hydrogen-bond acceptors (Lipinski definition) is 5. The highest BCUT2D eigenvalue weighted by atomic mass is 32.2. The minimum absolute atomic E-state index is 0.0717. The van der Waals surface area contributed by atoms with Crippen LogP contribution in [0.1, 0.15) is 16.1 Å². The summed E-state index contributed by atoms with van der Waals surface area (Å²) in [7, 11) is -2.42. The molecule has 30 heavy (non-hydrogen) atoms. The SMILES string of the molecule is COCc1c(C(=O)N2CCN(S(=O)(=O)c3ccccc3F)CC2)oc2ccccc12. The molecule has 0 aliphatic carbocycles. The molecular formula is C21H21FN2O5S. The zero-order valence-corrected chi connectivity index (χ0v) is 17.2. The minimum Gasteiger partial charge on any atom is -0.451 e. The molecule has 0 spiro atoms. The molecular weight excluding hydrogens is 411 g/mol. The summed E-state index contributed by atoms with van der Waals surface area (Å²) in [6, 6.07) is 12.6. The highest BCUT2D eigenvalue weighted by Crippen LogP contribution is 2.28. The maximum absolute atomic E-state index is 14.0. The van der Waals surface area contributed by atoms with Gasteiger partial charge in [0.15, 0.2) is 5.76 Å². The Morgan fingerprint density at radius 3 is 2.43 bits per heavy atom. The quantitative estimate of drug-likeness (QED) is 0.619. The van der Waals surface area contributed by atoms with E-state index in [1.54, 1.807) is 18.1 Å². The van der Waals surface area contributed by atoms with Crippen molar-refractivity contribution < 1.29 is 26.8 Å². The number of nitrogens with zero attached hydrogens (tertiary/aromatic N) is 2. The molecule has 158 valence electrons. The van der Waals surface area contributed by atoms with E-state index in [1.165, 1.54) is 22.5 Å². The summed E-state index contributed by atoms with van der Waals surface area (Å²) in [5, 5.41) is 0.809. The molecule has 0 bridgehead atoms. The molecule has 3 aromatic rings. The highest BCUT2D eigenvalue weighted by molar-refractivity contribution is 7.89. The number of carbonyl (C=O) groups is 1. The predicted molar refractivity (Wildman–Crippen MR) is 108 cm³/mol. The van der Waals surface area contributed by atoms with Gasteiger partial charge < -0.3 is 14.1 Å². The van der Waals surface area contributed by atoms with Gasteiger partial charge >= 0.3 is 0 Å². The average Bonchev–Trinajstić information content (AvgIpc) is 3.12. The van der Waals surface area contributed by atoms with Gasteiger partial charge in [-0.3, -0.25) is 4.79 Å². The lowest BCUT2D eigenvalue weighted by Gasteiger charge is -2.33. The lowest BCUT2D eigenvalue weighted by molar-refractivity contribution is 0.0662. The number of para-hydroxylation sites is 1. The smallest absolute Gasteiger partial charge is 0.290 e. The van der Waals surface area contributed by atoms with Crippen molar-refractivity contribution in [2.75, 3.05) is 33.3 Å². The molecule has 0 unspecified atom stereocenters. The van der Waals surface area contributed by atoms with Gasteiger partial charge in [0.05, 0.1) is 6.61 Å². The molecule has 0 radical (unpaired) electrons. The van der Waals surface area contributed by atoms with E-state index in [9.17, 15) is 17.6 Å². The van der Waals surface area contributed by atoms with Crippen molar-refractivity contribution in [1.82, 2.24) is 9.21 Å². The van der Waals surface area contributed by atoms with E-state index in [0.29, 0.717) is 11.1 Å². The lowest BCUT2D eigenvalue weighted by atomic mass is 10.1. The fourth-order valence-electron chi connectivity index (χ4n) is 3.63. The third kappa shape index (κ3) is 3.60. The maximum Gasteiger partial charge on any atom is 0.290 e. The summed E-state index contributed by atoms with van der Waals surface area (Å²) in [5.41, 5.74) is 1.26. The van der Waals surface area contributed by atoms with Crippen LogP contribution in [0.25, 0.3) is 11.0 Å². The summed E-state index contributed by atoms with van der Waals surface area (Å²) in [6.45, 7) is 0.718. The topological polar surface area (TPSA) is 80.1 Å². The third-order valence-corrected chi connectivity index (χ3v) is 7.09. The number of benzene rings is 2. The monoisotopic (exact) mass is 432 g/mol. The number of ether oxygens (including phenoxy) is 1. The number of methoxy groups -OCH3 is 1. The fraction of sp³-hybridized carbons (Fsp3) is 0.286. The molecule has 1 aliphatic rings. The van der Waals surface area contributed by atoms with Crippen LogP contribution in [0.2, 0.25) is 0 Å². The van der Waals surface area contributed by atoms with Crippen molar-refractivity contribution in [3.63, 3.8) is 0 Å². The summed E-state index contributed by atoms with van der Waals surface area (Å²) in [4.78, 5) is 14.3. The van der Waals surface area contributed by atoms with Gasteiger partial charge in [0.1, 0.15) is 16.3 Å². The van der Waals surface area contributed by atoms with Gasteiger partial charge in [-0.1, -0.05) is 30.3 Å². The van der Waals surface area contributed by atoms with E-state index in [-0.39, 0.29) is 49.3 Å². The van der Waals surface area contributed by atoms with E-state index in [0.717, 1.165) is 11.5 Å². The molecule has 0 N–H and O–H groups in total. The number of sulfonamides is 1. The second-order valence-corrected chi connectivity index (χ2v) is 8.87. The second kappa shape index (κ2) is 8.17.